The Labute approximate surface area is 114 Å². The zero-order valence-corrected chi connectivity index (χ0v) is 11.4. The summed E-state index contributed by atoms with van der Waals surface area (Å²) in [6, 6.07) is 8.37. The predicted molar refractivity (Wildman–Crippen MR) is 75.3 cm³/mol. The molecule has 1 atom stereocenters. The summed E-state index contributed by atoms with van der Waals surface area (Å²) in [5.74, 6) is 0.306. The minimum Gasteiger partial charge on any atom is -0.314 e. The largest absolute Gasteiger partial charge is 0.314 e. The molecule has 1 aromatic carbocycles. The number of nitrogens with zero attached hydrogens (tertiary/aromatic N) is 1. The Hall–Kier alpha value is -1.35. The average Bonchev–Trinajstić information content (AvgIpc) is 3.11. The number of nitrogens with one attached hydrogen (secondary N) is 1. The van der Waals surface area contributed by atoms with Crippen LogP contribution in [-0.2, 0) is 10.2 Å². The summed E-state index contributed by atoms with van der Waals surface area (Å²) in [5.41, 5.74) is 2.09. The molecule has 19 heavy (non-hydrogen) atoms. The van der Waals surface area contributed by atoms with Gasteiger partial charge in [-0.15, -0.1) is 0 Å². The minimum absolute atomic E-state index is 0.0188. The molecule has 1 saturated heterocycles. The molecule has 1 aromatic rings. The minimum atomic E-state index is -0.297. The number of para-hydroxylation sites is 1. The summed E-state index contributed by atoms with van der Waals surface area (Å²) in [4.78, 5) is 14.9. The van der Waals surface area contributed by atoms with Crippen LogP contribution in [0.1, 0.15) is 37.7 Å². The molecule has 0 bridgehead atoms. The van der Waals surface area contributed by atoms with Crippen molar-refractivity contribution in [2.24, 2.45) is 0 Å². The monoisotopic (exact) mass is 256 g/mol. The molecule has 2 spiro atoms. The van der Waals surface area contributed by atoms with Gasteiger partial charge in [0, 0.05) is 18.3 Å². The van der Waals surface area contributed by atoms with Crippen LogP contribution in [0.2, 0.25) is 0 Å². The van der Waals surface area contributed by atoms with Gasteiger partial charge in [-0.05, 0) is 37.4 Å². The molecule has 4 rings (SSSR count). The standard InChI is InChI=1S/C16H20N2O/c1-18-13-7-3-2-6-12(13)16(14(18)19)10-11-17-15(16)8-4-5-9-15/h2-3,6-7,17H,4-5,8-11H2,1H3/t16-/m1/s1. The number of benzene rings is 1. The second-order valence-electron chi connectivity index (χ2n) is 6.25. The van der Waals surface area contributed by atoms with E-state index in [1.165, 1.54) is 18.4 Å². The number of carbonyl (C=O) groups is 1. The molecule has 0 unspecified atom stereocenters. The highest BCUT2D eigenvalue weighted by molar-refractivity contribution is 6.09. The summed E-state index contributed by atoms with van der Waals surface area (Å²) >= 11 is 0. The van der Waals surface area contributed by atoms with Crippen LogP contribution in [0.15, 0.2) is 24.3 Å². The van der Waals surface area contributed by atoms with Crippen molar-refractivity contribution in [3.05, 3.63) is 29.8 Å². The molecule has 1 aliphatic carbocycles. The van der Waals surface area contributed by atoms with Gasteiger partial charge in [0.2, 0.25) is 5.91 Å². The lowest BCUT2D eigenvalue weighted by Crippen LogP contribution is -2.57. The van der Waals surface area contributed by atoms with Crippen LogP contribution in [0.4, 0.5) is 5.69 Å². The van der Waals surface area contributed by atoms with Crippen LogP contribution in [0.5, 0.6) is 0 Å². The zero-order chi connectivity index (χ0) is 13.1. The maximum atomic E-state index is 13.0. The molecule has 1 amide bonds. The highest BCUT2D eigenvalue weighted by Gasteiger charge is 2.65. The Morgan fingerprint density at radius 2 is 1.89 bits per heavy atom. The third-order valence-electron chi connectivity index (χ3n) is 5.63. The van der Waals surface area contributed by atoms with Gasteiger partial charge in [-0.25, -0.2) is 0 Å². The SMILES string of the molecule is CN1C(=O)[C@@]2(CCNC23CCCC3)c2ccccc21. The van der Waals surface area contributed by atoms with E-state index in [1.54, 1.807) is 0 Å². The molecule has 0 aromatic heterocycles. The van der Waals surface area contributed by atoms with E-state index < -0.39 is 0 Å². The van der Waals surface area contributed by atoms with Crippen molar-refractivity contribution < 1.29 is 4.79 Å². The molecule has 1 saturated carbocycles. The second kappa shape index (κ2) is 3.60. The lowest BCUT2D eigenvalue weighted by Gasteiger charge is -2.39. The molecule has 3 aliphatic rings. The van der Waals surface area contributed by atoms with Crippen LogP contribution in [0.3, 0.4) is 0 Å². The number of carbonyl (C=O) groups excluding carboxylic acids is 1. The van der Waals surface area contributed by atoms with Crippen molar-refractivity contribution in [2.75, 3.05) is 18.5 Å². The van der Waals surface area contributed by atoms with E-state index in [0.717, 1.165) is 31.5 Å². The molecule has 2 fully saturated rings. The first-order valence-corrected chi connectivity index (χ1v) is 7.34. The lowest BCUT2D eigenvalue weighted by molar-refractivity contribution is -0.124. The summed E-state index contributed by atoms with van der Waals surface area (Å²) in [6.07, 6.45) is 5.72. The van der Waals surface area contributed by atoms with Gasteiger partial charge < -0.3 is 10.2 Å². The highest BCUT2D eigenvalue weighted by atomic mass is 16.2. The van der Waals surface area contributed by atoms with E-state index in [1.807, 2.05) is 18.0 Å². The Balaban J connectivity index is 1.97. The Morgan fingerprint density at radius 3 is 2.68 bits per heavy atom. The zero-order valence-electron chi connectivity index (χ0n) is 11.4. The van der Waals surface area contributed by atoms with Crippen molar-refractivity contribution in [2.45, 2.75) is 43.1 Å². The first-order chi connectivity index (χ1) is 9.21. The van der Waals surface area contributed by atoms with Crippen LogP contribution in [0.25, 0.3) is 0 Å². The molecular formula is C16H20N2O. The summed E-state index contributed by atoms with van der Waals surface area (Å²) < 4.78 is 0. The first-order valence-electron chi connectivity index (χ1n) is 7.34. The average molecular weight is 256 g/mol. The fourth-order valence-corrected chi connectivity index (χ4v) is 4.80. The molecule has 2 aliphatic heterocycles. The van der Waals surface area contributed by atoms with Gasteiger partial charge >= 0.3 is 0 Å². The van der Waals surface area contributed by atoms with Gasteiger partial charge in [0.15, 0.2) is 0 Å². The number of hydrogen-bond donors (Lipinski definition) is 1. The number of rotatable bonds is 0. The van der Waals surface area contributed by atoms with E-state index in [2.05, 4.69) is 23.5 Å². The van der Waals surface area contributed by atoms with Crippen molar-refractivity contribution >= 4 is 11.6 Å². The highest BCUT2D eigenvalue weighted by Crippen LogP contribution is 2.57. The van der Waals surface area contributed by atoms with Crippen LogP contribution < -0.4 is 10.2 Å². The quantitative estimate of drug-likeness (QED) is 0.772. The maximum Gasteiger partial charge on any atom is 0.239 e. The molecule has 2 heterocycles. The molecule has 3 nitrogen and oxygen atoms in total. The second-order valence-corrected chi connectivity index (χ2v) is 6.25. The Bertz CT molecular complexity index is 542. The number of amides is 1. The van der Waals surface area contributed by atoms with Crippen LogP contribution in [-0.4, -0.2) is 25.0 Å². The van der Waals surface area contributed by atoms with Crippen molar-refractivity contribution in [3.8, 4) is 0 Å². The van der Waals surface area contributed by atoms with E-state index in [0.29, 0.717) is 5.91 Å². The molecular weight excluding hydrogens is 236 g/mol. The Morgan fingerprint density at radius 1 is 1.16 bits per heavy atom. The maximum absolute atomic E-state index is 13.0. The van der Waals surface area contributed by atoms with Crippen molar-refractivity contribution in [1.82, 2.24) is 5.32 Å². The van der Waals surface area contributed by atoms with Crippen LogP contribution >= 0.6 is 0 Å². The van der Waals surface area contributed by atoms with Crippen molar-refractivity contribution in [1.29, 1.82) is 0 Å². The van der Waals surface area contributed by atoms with Gasteiger partial charge in [0.25, 0.3) is 0 Å². The lowest BCUT2D eigenvalue weighted by atomic mass is 9.65. The summed E-state index contributed by atoms with van der Waals surface area (Å²) in [7, 11) is 1.93. The van der Waals surface area contributed by atoms with Gasteiger partial charge in [0.05, 0.1) is 5.41 Å². The molecule has 3 heteroatoms. The normalized spacial score (nSPS) is 31.6. The van der Waals surface area contributed by atoms with Crippen molar-refractivity contribution in [3.63, 3.8) is 0 Å². The number of hydrogen-bond acceptors (Lipinski definition) is 2. The van der Waals surface area contributed by atoms with Gasteiger partial charge in [-0.3, -0.25) is 4.79 Å². The first kappa shape index (κ1) is 11.5. The van der Waals surface area contributed by atoms with E-state index >= 15 is 0 Å². The topological polar surface area (TPSA) is 32.3 Å². The predicted octanol–water partition coefficient (Wildman–Crippen LogP) is 2.21. The van der Waals surface area contributed by atoms with Gasteiger partial charge in [-0.1, -0.05) is 31.0 Å². The van der Waals surface area contributed by atoms with E-state index in [9.17, 15) is 4.79 Å². The Kier molecular flexibility index (Phi) is 2.17. The number of anilines is 1. The van der Waals surface area contributed by atoms with Gasteiger partial charge in [-0.2, -0.15) is 0 Å². The van der Waals surface area contributed by atoms with Crippen LogP contribution in [0, 0.1) is 0 Å². The third kappa shape index (κ3) is 1.15. The molecule has 1 N–H and O–H groups in total. The smallest absolute Gasteiger partial charge is 0.239 e. The fourth-order valence-electron chi connectivity index (χ4n) is 4.80. The van der Waals surface area contributed by atoms with E-state index in [4.69, 9.17) is 0 Å². The number of likely N-dealkylation sites (N-methyl/N-ethyl adjacent to an activating group) is 1. The van der Waals surface area contributed by atoms with Gasteiger partial charge in [0.1, 0.15) is 0 Å². The number of fused-ring (bicyclic) bond motifs is 3. The summed E-state index contributed by atoms with van der Waals surface area (Å²) in [6.45, 7) is 0.966. The molecule has 0 radical (unpaired) electrons. The summed E-state index contributed by atoms with van der Waals surface area (Å²) in [5, 5.41) is 3.71. The molecule has 100 valence electrons. The van der Waals surface area contributed by atoms with E-state index in [-0.39, 0.29) is 11.0 Å². The third-order valence-corrected chi connectivity index (χ3v) is 5.63. The fraction of sp³-hybridized carbons (Fsp3) is 0.562.